The minimum atomic E-state index is -4.13. The molecule has 0 amide bonds. The second kappa shape index (κ2) is 6.27. The first-order valence-corrected chi connectivity index (χ1v) is 8.06. The van der Waals surface area contributed by atoms with Crippen LogP contribution in [-0.4, -0.2) is 49.4 Å². The number of rotatable bonds is 6. The lowest BCUT2D eigenvalue weighted by atomic mass is 10.00. The van der Waals surface area contributed by atoms with Crippen molar-refractivity contribution in [2.45, 2.75) is 18.3 Å². The molecule has 22 heavy (non-hydrogen) atoms. The van der Waals surface area contributed by atoms with E-state index >= 15 is 0 Å². The predicted octanol–water partition coefficient (Wildman–Crippen LogP) is 1.03. The van der Waals surface area contributed by atoms with E-state index in [1.807, 2.05) is 0 Å². The quantitative estimate of drug-likeness (QED) is 0.813. The van der Waals surface area contributed by atoms with Crippen LogP contribution in [-0.2, 0) is 15.0 Å². The van der Waals surface area contributed by atoms with Gasteiger partial charge in [0, 0.05) is 19.5 Å². The molecule has 1 heterocycles. The van der Waals surface area contributed by atoms with Gasteiger partial charge in [-0.2, -0.15) is 12.7 Å². The summed E-state index contributed by atoms with van der Waals surface area (Å²) in [5.41, 5.74) is 0.435. The summed E-state index contributed by atoms with van der Waals surface area (Å²) in [5.74, 6) is -5.32. The Kier molecular flexibility index (Phi) is 4.78. The van der Waals surface area contributed by atoms with Crippen LogP contribution in [0.5, 0.6) is 0 Å². The van der Waals surface area contributed by atoms with Gasteiger partial charge in [0.05, 0.1) is 12.5 Å². The van der Waals surface area contributed by atoms with Crippen LogP contribution in [0.15, 0.2) is 30.3 Å². The Morgan fingerprint density at radius 2 is 2.00 bits per heavy atom. The molecule has 1 aromatic carbocycles. The van der Waals surface area contributed by atoms with E-state index < -0.39 is 47.5 Å². The van der Waals surface area contributed by atoms with Gasteiger partial charge in [0.25, 0.3) is 16.1 Å². The minimum absolute atomic E-state index is 0.286. The summed E-state index contributed by atoms with van der Waals surface area (Å²) in [7, 11) is -4.13. The van der Waals surface area contributed by atoms with Gasteiger partial charge in [-0.25, -0.2) is 13.5 Å². The van der Waals surface area contributed by atoms with Gasteiger partial charge in [-0.3, -0.25) is 4.79 Å². The molecular formula is C13H16F2N2O4S. The van der Waals surface area contributed by atoms with Crippen LogP contribution in [0, 0.1) is 0 Å². The standard InChI is InChI=1S/C13H16F2N2O4S/c14-13(15)6-7-17(9-13)22(20,21)16-8-11(12(18)19)10-4-2-1-3-5-10/h1-5,11,16H,6-9H2,(H,18,19). The number of hydrogen-bond acceptors (Lipinski definition) is 3. The minimum Gasteiger partial charge on any atom is -0.481 e. The van der Waals surface area contributed by atoms with Crippen LogP contribution in [0.3, 0.4) is 0 Å². The highest BCUT2D eigenvalue weighted by atomic mass is 32.2. The molecule has 1 unspecified atom stereocenters. The van der Waals surface area contributed by atoms with Crippen LogP contribution in [0.4, 0.5) is 8.78 Å². The highest BCUT2D eigenvalue weighted by molar-refractivity contribution is 7.87. The molecule has 2 N–H and O–H groups in total. The van der Waals surface area contributed by atoms with Crippen molar-refractivity contribution in [3.63, 3.8) is 0 Å². The molecule has 1 aromatic rings. The monoisotopic (exact) mass is 334 g/mol. The van der Waals surface area contributed by atoms with Gasteiger partial charge in [-0.15, -0.1) is 0 Å². The first-order chi connectivity index (χ1) is 10.2. The van der Waals surface area contributed by atoms with Crippen molar-refractivity contribution in [2.75, 3.05) is 19.6 Å². The van der Waals surface area contributed by atoms with E-state index in [1.165, 1.54) is 0 Å². The molecular weight excluding hydrogens is 318 g/mol. The summed E-state index contributed by atoms with van der Waals surface area (Å²) in [6, 6.07) is 8.12. The Morgan fingerprint density at radius 3 is 2.50 bits per heavy atom. The van der Waals surface area contributed by atoms with Crippen molar-refractivity contribution in [3.05, 3.63) is 35.9 Å². The van der Waals surface area contributed by atoms with Crippen molar-refractivity contribution in [1.29, 1.82) is 0 Å². The zero-order valence-electron chi connectivity index (χ0n) is 11.6. The Hall–Kier alpha value is -1.58. The third kappa shape index (κ3) is 3.99. The van der Waals surface area contributed by atoms with Gasteiger partial charge >= 0.3 is 5.97 Å². The number of nitrogens with one attached hydrogen (secondary N) is 1. The number of halogens is 2. The second-order valence-corrected chi connectivity index (χ2v) is 6.85. The van der Waals surface area contributed by atoms with E-state index in [2.05, 4.69) is 4.72 Å². The molecule has 0 bridgehead atoms. The van der Waals surface area contributed by atoms with E-state index in [-0.39, 0.29) is 6.54 Å². The van der Waals surface area contributed by atoms with E-state index in [0.717, 1.165) is 0 Å². The normalized spacial score (nSPS) is 19.9. The molecule has 0 spiro atoms. The van der Waals surface area contributed by atoms with Gasteiger partial charge in [0.15, 0.2) is 0 Å². The molecule has 9 heteroatoms. The molecule has 2 rings (SSSR count). The Balaban J connectivity index is 2.05. The predicted molar refractivity (Wildman–Crippen MR) is 74.9 cm³/mol. The van der Waals surface area contributed by atoms with Crippen molar-refractivity contribution in [2.24, 2.45) is 0 Å². The van der Waals surface area contributed by atoms with Gasteiger partial charge < -0.3 is 5.11 Å². The Morgan fingerprint density at radius 1 is 1.36 bits per heavy atom. The number of carbonyl (C=O) groups is 1. The summed E-state index contributed by atoms with van der Waals surface area (Å²) in [5, 5.41) is 9.20. The molecule has 0 aromatic heterocycles. The first-order valence-electron chi connectivity index (χ1n) is 6.62. The number of hydrogen-bond donors (Lipinski definition) is 2. The van der Waals surface area contributed by atoms with Gasteiger partial charge in [0.1, 0.15) is 0 Å². The van der Waals surface area contributed by atoms with Crippen molar-refractivity contribution < 1.29 is 27.1 Å². The summed E-state index contributed by atoms with van der Waals surface area (Å²) in [4.78, 5) is 11.3. The largest absolute Gasteiger partial charge is 0.481 e. The maximum atomic E-state index is 13.1. The molecule has 1 atom stereocenters. The van der Waals surface area contributed by atoms with Crippen molar-refractivity contribution >= 4 is 16.2 Å². The number of carboxylic acid groups (broad SMARTS) is 1. The van der Waals surface area contributed by atoms with E-state index in [9.17, 15) is 27.1 Å². The number of carboxylic acids is 1. The van der Waals surface area contributed by atoms with Gasteiger partial charge in [-0.1, -0.05) is 30.3 Å². The lowest BCUT2D eigenvalue weighted by Gasteiger charge is -2.19. The highest BCUT2D eigenvalue weighted by Gasteiger charge is 2.43. The smallest absolute Gasteiger partial charge is 0.312 e. The number of nitrogens with zero attached hydrogens (tertiary/aromatic N) is 1. The molecule has 1 aliphatic rings. The second-order valence-electron chi connectivity index (χ2n) is 5.09. The third-order valence-corrected chi connectivity index (χ3v) is 4.97. The van der Waals surface area contributed by atoms with Gasteiger partial charge in [-0.05, 0) is 5.56 Å². The maximum absolute atomic E-state index is 13.1. The van der Waals surface area contributed by atoms with E-state index in [4.69, 9.17) is 0 Å². The summed E-state index contributed by atoms with van der Waals surface area (Å²) in [6.45, 7) is -1.57. The van der Waals surface area contributed by atoms with E-state index in [0.29, 0.717) is 9.87 Å². The van der Waals surface area contributed by atoms with Crippen LogP contribution in [0.2, 0.25) is 0 Å². The molecule has 0 radical (unpaired) electrons. The lowest BCUT2D eigenvalue weighted by molar-refractivity contribution is -0.138. The molecule has 1 aliphatic heterocycles. The average molecular weight is 334 g/mol. The van der Waals surface area contributed by atoms with Crippen LogP contribution >= 0.6 is 0 Å². The van der Waals surface area contributed by atoms with Crippen LogP contribution < -0.4 is 4.72 Å². The van der Waals surface area contributed by atoms with Crippen LogP contribution in [0.1, 0.15) is 17.9 Å². The molecule has 0 aliphatic carbocycles. The summed E-state index contributed by atoms with van der Waals surface area (Å²) in [6.07, 6.45) is -0.533. The maximum Gasteiger partial charge on any atom is 0.312 e. The lowest BCUT2D eigenvalue weighted by Crippen LogP contribution is -2.42. The Labute approximate surface area is 126 Å². The first kappa shape index (κ1) is 16.8. The van der Waals surface area contributed by atoms with Gasteiger partial charge in [0.2, 0.25) is 0 Å². The molecule has 1 saturated heterocycles. The molecule has 1 fully saturated rings. The van der Waals surface area contributed by atoms with Crippen LogP contribution in [0.25, 0.3) is 0 Å². The molecule has 122 valence electrons. The van der Waals surface area contributed by atoms with Crippen molar-refractivity contribution in [3.8, 4) is 0 Å². The topological polar surface area (TPSA) is 86.7 Å². The fourth-order valence-corrected chi connectivity index (χ4v) is 3.47. The zero-order chi connectivity index (χ0) is 16.4. The fraction of sp³-hybridized carbons (Fsp3) is 0.462. The highest BCUT2D eigenvalue weighted by Crippen LogP contribution is 2.28. The van der Waals surface area contributed by atoms with Crippen molar-refractivity contribution in [1.82, 2.24) is 9.03 Å². The molecule has 0 saturated carbocycles. The SMILES string of the molecule is O=C(O)C(CNS(=O)(=O)N1CCC(F)(F)C1)c1ccccc1. The zero-order valence-corrected chi connectivity index (χ0v) is 12.4. The fourth-order valence-electron chi connectivity index (χ4n) is 2.22. The number of benzene rings is 1. The molecule has 6 nitrogen and oxygen atoms in total. The summed E-state index contributed by atoms with van der Waals surface area (Å²) >= 11 is 0. The summed E-state index contributed by atoms with van der Waals surface area (Å²) < 4.78 is 52.9. The number of aliphatic carboxylic acids is 1. The Bertz CT molecular complexity index is 637. The number of alkyl halides is 2. The third-order valence-electron chi connectivity index (χ3n) is 3.44. The average Bonchev–Trinajstić information content (AvgIpc) is 2.81. The van der Waals surface area contributed by atoms with E-state index in [1.54, 1.807) is 30.3 Å².